The first-order chi connectivity index (χ1) is 9.15. The lowest BCUT2D eigenvalue weighted by Gasteiger charge is -2.16. The van der Waals surface area contributed by atoms with Gasteiger partial charge in [-0.15, -0.1) is 0 Å². The summed E-state index contributed by atoms with van der Waals surface area (Å²) >= 11 is 0. The lowest BCUT2D eigenvalue weighted by Crippen LogP contribution is -2.37. The van der Waals surface area contributed by atoms with E-state index in [0.717, 1.165) is 25.6 Å². The highest BCUT2D eigenvalue weighted by Crippen LogP contribution is 2.30. The number of phenols is 1. The normalized spacial score (nSPS) is 23.5. The van der Waals surface area contributed by atoms with E-state index in [2.05, 4.69) is 10.2 Å². The number of nitrogens with one attached hydrogen (secondary N) is 1. The summed E-state index contributed by atoms with van der Waals surface area (Å²) in [6.07, 6.45) is 3.55. The van der Waals surface area contributed by atoms with Crippen molar-refractivity contribution in [3.05, 3.63) is 23.8 Å². The number of para-hydroxylation sites is 1. The van der Waals surface area contributed by atoms with Crippen LogP contribution in [0.1, 0.15) is 29.6 Å². The zero-order chi connectivity index (χ0) is 13.4. The van der Waals surface area contributed by atoms with Crippen LogP contribution in [0, 0.1) is 0 Å². The van der Waals surface area contributed by atoms with Gasteiger partial charge in [0, 0.05) is 25.2 Å². The molecule has 102 valence electrons. The number of anilines is 1. The lowest BCUT2D eigenvalue weighted by molar-refractivity contribution is 0.0935. The van der Waals surface area contributed by atoms with Crippen molar-refractivity contribution in [2.45, 2.75) is 31.3 Å². The number of carbonyl (C=O) groups excluding carboxylic acids is 1. The first kappa shape index (κ1) is 12.3. The van der Waals surface area contributed by atoms with Crippen molar-refractivity contribution in [2.24, 2.45) is 0 Å². The van der Waals surface area contributed by atoms with Gasteiger partial charge in [-0.3, -0.25) is 9.69 Å². The third-order valence-corrected chi connectivity index (χ3v) is 3.93. The van der Waals surface area contributed by atoms with Gasteiger partial charge >= 0.3 is 0 Å². The van der Waals surface area contributed by atoms with Crippen LogP contribution in [0.25, 0.3) is 0 Å². The van der Waals surface area contributed by atoms with E-state index in [9.17, 15) is 9.90 Å². The van der Waals surface area contributed by atoms with Crippen molar-refractivity contribution < 1.29 is 9.90 Å². The predicted octanol–water partition coefficient (Wildman–Crippen LogP) is 0.941. The van der Waals surface area contributed by atoms with E-state index in [0.29, 0.717) is 0 Å². The van der Waals surface area contributed by atoms with Gasteiger partial charge in [0.25, 0.3) is 5.91 Å². The number of nitrogens with two attached hydrogens (primary N) is 1. The molecule has 5 heteroatoms. The molecule has 1 saturated heterocycles. The Morgan fingerprint density at radius 1 is 1.37 bits per heavy atom. The van der Waals surface area contributed by atoms with Crippen molar-refractivity contribution >= 4 is 11.6 Å². The number of carbonyl (C=O) groups is 1. The van der Waals surface area contributed by atoms with Crippen LogP contribution < -0.4 is 11.1 Å². The molecular formula is C14H19N3O2. The van der Waals surface area contributed by atoms with E-state index < -0.39 is 0 Å². The summed E-state index contributed by atoms with van der Waals surface area (Å²) in [5.74, 6) is -0.371. The number of nitrogens with zero attached hydrogens (tertiary/aromatic N) is 1. The molecule has 2 aliphatic rings. The van der Waals surface area contributed by atoms with Crippen LogP contribution >= 0.6 is 0 Å². The SMILES string of the molecule is Nc1cccc(C(=O)NC2CCN(C3CC3)C2)c1O. The summed E-state index contributed by atoms with van der Waals surface area (Å²) in [7, 11) is 0. The van der Waals surface area contributed by atoms with Crippen LogP contribution in [-0.2, 0) is 0 Å². The van der Waals surface area contributed by atoms with Gasteiger partial charge < -0.3 is 16.2 Å². The number of likely N-dealkylation sites (tertiary alicyclic amines) is 1. The largest absolute Gasteiger partial charge is 0.505 e. The minimum atomic E-state index is -0.243. The van der Waals surface area contributed by atoms with Crippen LogP contribution in [0.15, 0.2) is 18.2 Å². The van der Waals surface area contributed by atoms with E-state index in [1.165, 1.54) is 12.8 Å². The Labute approximate surface area is 112 Å². The van der Waals surface area contributed by atoms with Crippen molar-refractivity contribution in [2.75, 3.05) is 18.8 Å². The fourth-order valence-electron chi connectivity index (χ4n) is 2.68. The minimum Gasteiger partial charge on any atom is -0.505 e. The molecule has 2 fully saturated rings. The number of benzene rings is 1. The molecule has 1 saturated carbocycles. The summed E-state index contributed by atoms with van der Waals surface area (Å²) in [6, 6.07) is 5.76. The Kier molecular flexibility index (Phi) is 3.06. The molecule has 1 aliphatic carbocycles. The van der Waals surface area contributed by atoms with Gasteiger partial charge in [-0.1, -0.05) is 6.07 Å². The Morgan fingerprint density at radius 2 is 2.16 bits per heavy atom. The molecule has 0 aromatic heterocycles. The summed E-state index contributed by atoms with van der Waals surface area (Å²) < 4.78 is 0. The molecule has 0 radical (unpaired) electrons. The number of aromatic hydroxyl groups is 1. The second kappa shape index (κ2) is 4.74. The minimum absolute atomic E-state index is 0.128. The maximum atomic E-state index is 12.1. The Hall–Kier alpha value is -1.75. The Morgan fingerprint density at radius 3 is 2.89 bits per heavy atom. The molecule has 1 atom stereocenters. The zero-order valence-corrected chi connectivity index (χ0v) is 10.8. The Balaban J connectivity index is 1.63. The average Bonchev–Trinajstić information content (AvgIpc) is 3.14. The van der Waals surface area contributed by atoms with E-state index in [4.69, 9.17) is 5.73 Å². The Bertz CT molecular complexity index is 499. The number of rotatable bonds is 3. The predicted molar refractivity (Wildman–Crippen MR) is 73.0 cm³/mol. The number of phenolic OH excluding ortho intramolecular Hbond substituents is 1. The second-order valence-corrected chi connectivity index (χ2v) is 5.43. The highest BCUT2D eigenvalue weighted by molar-refractivity contribution is 5.98. The third-order valence-electron chi connectivity index (χ3n) is 3.93. The van der Waals surface area contributed by atoms with Gasteiger partial charge in [0.2, 0.25) is 0 Å². The van der Waals surface area contributed by atoms with E-state index in [1.54, 1.807) is 18.2 Å². The van der Waals surface area contributed by atoms with Crippen molar-refractivity contribution in [1.82, 2.24) is 10.2 Å². The first-order valence-electron chi connectivity index (χ1n) is 6.77. The van der Waals surface area contributed by atoms with E-state index in [-0.39, 0.29) is 28.9 Å². The smallest absolute Gasteiger partial charge is 0.255 e. The van der Waals surface area contributed by atoms with Crippen molar-refractivity contribution in [1.29, 1.82) is 0 Å². The van der Waals surface area contributed by atoms with Crippen LogP contribution in [0.4, 0.5) is 5.69 Å². The molecule has 0 spiro atoms. The van der Waals surface area contributed by atoms with Gasteiger partial charge in [-0.2, -0.15) is 0 Å². The second-order valence-electron chi connectivity index (χ2n) is 5.43. The van der Waals surface area contributed by atoms with Gasteiger partial charge in [0.1, 0.15) is 0 Å². The maximum absolute atomic E-state index is 12.1. The highest BCUT2D eigenvalue weighted by atomic mass is 16.3. The maximum Gasteiger partial charge on any atom is 0.255 e. The average molecular weight is 261 g/mol. The van der Waals surface area contributed by atoms with Crippen LogP contribution in [0.5, 0.6) is 5.75 Å². The molecule has 4 N–H and O–H groups in total. The quantitative estimate of drug-likeness (QED) is 0.559. The molecule has 1 amide bonds. The van der Waals surface area contributed by atoms with E-state index in [1.807, 2.05) is 0 Å². The molecule has 1 heterocycles. The van der Waals surface area contributed by atoms with Gasteiger partial charge in [0.15, 0.2) is 5.75 Å². The van der Waals surface area contributed by atoms with Gasteiger partial charge in [-0.05, 0) is 31.4 Å². The molecule has 1 unspecified atom stereocenters. The molecule has 1 aromatic rings. The van der Waals surface area contributed by atoms with Crippen LogP contribution in [-0.4, -0.2) is 41.1 Å². The molecule has 5 nitrogen and oxygen atoms in total. The van der Waals surface area contributed by atoms with Crippen LogP contribution in [0.3, 0.4) is 0 Å². The summed E-state index contributed by atoms with van der Waals surface area (Å²) in [4.78, 5) is 14.6. The zero-order valence-electron chi connectivity index (χ0n) is 10.8. The van der Waals surface area contributed by atoms with Crippen LogP contribution in [0.2, 0.25) is 0 Å². The fourth-order valence-corrected chi connectivity index (χ4v) is 2.68. The summed E-state index contributed by atoms with van der Waals surface area (Å²) in [5, 5.41) is 12.8. The monoisotopic (exact) mass is 261 g/mol. The lowest BCUT2D eigenvalue weighted by atomic mass is 10.1. The summed E-state index contributed by atoms with van der Waals surface area (Å²) in [5.41, 5.74) is 6.09. The topological polar surface area (TPSA) is 78.6 Å². The molecule has 1 aromatic carbocycles. The van der Waals surface area contributed by atoms with Crippen molar-refractivity contribution in [3.8, 4) is 5.75 Å². The third kappa shape index (κ3) is 2.51. The van der Waals surface area contributed by atoms with E-state index >= 15 is 0 Å². The molecule has 19 heavy (non-hydrogen) atoms. The molecule has 3 rings (SSSR count). The molecule has 0 bridgehead atoms. The first-order valence-corrected chi connectivity index (χ1v) is 6.77. The van der Waals surface area contributed by atoms with Gasteiger partial charge in [0.05, 0.1) is 11.3 Å². The molecule has 1 aliphatic heterocycles. The van der Waals surface area contributed by atoms with Crippen molar-refractivity contribution in [3.63, 3.8) is 0 Å². The number of hydrogen-bond acceptors (Lipinski definition) is 4. The number of amides is 1. The standard InChI is InChI=1S/C14H19N3O2/c15-12-3-1-2-11(13(12)18)14(19)16-9-6-7-17(8-9)10-4-5-10/h1-3,9-10,18H,4-8,15H2,(H,16,19). The number of nitrogen functional groups attached to an aromatic ring is 1. The molecular weight excluding hydrogens is 242 g/mol. The van der Waals surface area contributed by atoms with Gasteiger partial charge in [-0.25, -0.2) is 0 Å². The number of hydrogen-bond donors (Lipinski definition) is 3. The fraction of sp³-hybridized carbons (Fsp3) is 0.500. The highest BCUT2D eigenvalue weighted by Gasteiger charge is 2.35. The summed E-state index contributed by atoms with van der Waals surface area (Å²) in [6.45, 7) is 1.97.